The quantitative estimate of drug-likeness (QED) is 0.656. The van der Waals surface area contributed by atoms with Gasteiger partial charge in [-0.15, -0.1) is 0 Å². The molecule has 0 spiro atoms. The fourth-order valence-corrected chi connectivity index (χ4v) is 2.86. The van der Waals surface area contributed by atoms with Gasteiger partial charge in [0.2, 0.25) is 5.91 Å². The van der Waals surface area contributed by atoms with Gasteiger partial charge >= 0.3 is 0 Å². The van der Waals surface area contributed by atoms with Crippen LogP contribution in [0.4, 0.5) is 10.1 Å². The molecule has 0 saturated heterocycles. The van der Waals surface area contributed by atoms with Gasteiger partial charge in [0.1, 0.15) is 5.82 Å². The first-order chi connectivity index (χ1) is 12.6. The second kappa shape index (κ2) is 8.61. The van der Waals surface area contributed by atoms with Crippen LogP contribution in [0.5, 0.6) is 0 Å². The number of carbonyl (C=O) groups excluding carboxylic acids is 1. The largest absolute Gasteiger partial charge is 0.322 e. The third-order valence-corrected chi connectivity index (χ3v) is 4.17. The summed E-state index contributed by atoms with van der Waals surface area (Å²) in [5.74, 6) is -0.892. The highest BCUT2D eigenvalue weighted by atomic mass is 35.5. The highest BCUT2D eigenvalue weighted by Gasteiger charge is 2.15. The Hall–Kier alpha value is -2.69. The predicted molar refractivity (Wildman–Crippen MR) is 103 cm³/mol. The van der Waals surface area contributed by atoms with Crippen LogP contribution in [0.3, 0.4) is 0 Å². The van der Waals surface area contributed by atoms with Crippen LogP contribution in [-0.2, 0) is 4.79 Å². The standard InChI is InChI=1S/C21H18ClFN2O/c22-17-11-12-19(18(23)13-17)25-20(26)14-24-21(15-7-3-1-4-8-15)16-9-5-2-6-10-16/h1-13,21,24H,14H2,(H,25,26). The first-order valence-electron chi connectivity index (χ1n) is 8.21. The average molecular weight is 369 g/mol. The molecule has 1 amide bonds. The summed E-state index contributed by atoms with van der Waals surface area (Å²) < 4.78 is 13.8. The summed E-state index contributed by atoms with van der Waals surface area (Å²) in [6.07, 6.45) is 0. The van der Waals surface area contributed by atoms with Gasteiger partial charge in [-0.1, -0.05) is 72.3 Å². The van der Waals surface area contributed by atoms with E-state index < -0.39 is 5.82 Å². The smallest absolute Gasteiger partial charge is 0.238 e. The number of carbonyl (C=O) groups is 1. The van der Waals surface area contributed by atoms with Crippen LogP contribution in [0.1, 0.15) is 17.2 Å². The van der Waals surface area contributed by atoms with E-state index >= 15 is 0 Å². The minimum atomic E-state index is -0.562. The van der Waals surface area contributed by atoms with Gasteiger partial charge in [0.25, 0.3) is 0 Å². The summed E-state index contributed by atoms with van der Waals surface area (Å²) >= 11 is 5.73. The van der Waals surface area contributed by atoms with Crippen LogP contribution in [0.2, 0.25) is 5.02 Å². The number of amides is 1. The van der Waals surface area contributed by atoms with Gasteiger partial charge in [0.15, 0.2) is 0 Å². The van der Waals surface area contributed by atoms with Gasteiger partial charge < -0.3 is 5.32 Å². The van der Waals surface area contributed by atoms with Crippen molar-refractivity contribution in [3.05, 3.63) is 101 Å². The summed E-state index contributed by atoms with van der Waals surface area (Å²) in [5.41, 5.74) is 2.20. The molecule has 0 bridgehead atoms. The zero-order valence-electron chi connectivity index (χ0n) is 14.0. The Morgan fingerprint density at radius 1 is 0.923 bits per heavy atom. The lowest BCUT2D eigenvalue weighted by atomic mass is 9.99. The fraction of sp³-hybridized carbons (Fsp3) is 0.0952. The molecule has 0 saturated carbocycles. The Bertz CT molecular complexity index is 832. The topological polar surface area (TPSA) is 41.1 Å². The van der Waals surface area contributed by atoms with E-state index in [-0.39, 0.29) is 29.2 Å². The maximum absolute atomic E-state index is 13.8. The van der Waals surface area contributed by atoms with Crippen molar-refractivity contribution >= 4 is 23.2 Å². The first kappa shape index (κ1) is 18.1. The summed E-state index contributed by atoms with van der Waals surface area (Å²) in [4.78, 5) is 12.2. The lowest BCUT2D eigenvalue weighted by Crippen LogP contribution is -2.32. The van der Waals surface area contributed by atoms with Crippen molar-refractivity contribution in [1.29, 1.82) is 0 Å². The molecule has 0 aromatic heterocycles. The molecule has 132 valence electrons. The zero-order valence-corrected chi connectivity index (χ0v) is 14.7. The molecule has 26 heavy (non-hydrogen) atoms. The van der Waals surface area contributed by atoms with Crippen molar-refractivity contribution in [2.24, 2.45) is 0 Å². The van der Waals surface area contributed by atoms with E-state index in [0.717, 1.165) is 11.1 Å². The molecule has 0 radical (unpaired) electrons. The van der Waals surface area contributed by atoms with E-state index in [9.17, 15) is 9.18 Å². The molecule has 5 heteroatoms. The van der Waals surface area contributed by atoms with Gasteiger partial charge in [0.05, 0.1) is 18.3 Å². The number of benzene rings is 3. The molecule has 3 aromatic carbocycles. The van der Waals surface area contributed by atoms with Crippen molar-refractivity contribution in [2.45, 2.75) is 6.04 Å². The maximum Gasteiger partial charge on any atom is 0.238 e. The number of anilines is 1. The summed E-state index contributed by atoms with van der Waals surface area (Å²) in [6.45, 7) is 0.0382. The molecule has 2 N–H and O–H groups in total. The van der Waals surface area contributed by atoms with Crippen molar-refractivity contribution < 1.29 is 9.18 Å². The van der Waals surface area contributed by atoms with Crippen molar-refractivity contribution in [3.63, 3.8) is 0 Å². The monoisotopic (exact) mass is 368 g/mol. The van der Waals surface area contributed by atoms with E-state index in [1.165, 1.54) is 18.2 Å². The van der Waals surface area contributed by atoms with Gasteiger partial charge in [-0.3, -0.25) is 10.1 Å². The summed E-state index contributed by atoms with van der Waals surface area (Å²) in [6, 6.07) is 23.7. The minimum absolute atomic E-state index is 0.0382. The lowest BCUT2D eigenvalue weighted by Gasteiger charge is -2.19. The van der Waals surface area contributed by atoms with Crippen LogP contribution >= 0.6 is 11.6 Å². The Labute approximate surface area is 156 Å². The van der Waals surface area contributed by atoms with Gasteiger partial charge in [0, 0.05) is 5.02 Å². The lowest BCUT2D eigenvalue weighted by molar-refractivity contribution is -0.115. The molecule has 0 unspecified atom stereocenters. The fourth-order valence-electron chi connectivity index (χ4n) is 2.70. The predicted octanol–water partition coefficient (Wildman–Crippen LogP) is 4.80. The molecule has 0 aliphatic carbocycles. The molecular weight excluding hydrogens is 351 g/mol. The van der Waals surface area contributed by atoms with E-state index in [0.29, 0.717) is 0 Å². The number of hydrogen-bond donors (Lipinski definition) is 2. The number of rotatable bonds is 6. The average Bonchev–Trinajstić information content (AvgIpc) is 2.66. The third-order valence-electron chi connectivity index (χ3n) is 3.94. The van der Waals surface area contributed by atoms with E-state index in [1.807, 2.05) is 60.7 Å². The van der Waals surface area contributed by atoms with Gasteiger partial charge in [-0.05, 0) is 29.3 Å². The molecular formula is C21H18ClFN2O. The van der Waals surface area contributed by atoms with Crippen LogP contribution in [0.25, 0.3) is 0 Å². The normalized spacial score (nSPS) is 10.7. The van der Waals surface area contributed by atoms with E-state index in [2.05, 4.69) is 10.6 Å². The van der Waals surface area contributed by atoms with Crippen molar-refractivity contribution in [1.82, 2.24) is 5.32 Å². The molecule has 3 aromatic rings. The molecule has 0 fully saturated rings. The zero-order chi connectivity index (χ0) is 18.4. The van der Waals surface area contributed by atoms with Gasteiger partial charge in [-0.2, -0.15) is 0 Å². The Balaban J connectivity index is 1.71. The molecule has 3 nitrogen and oxygen atoms in total. The number of nitrogens with one attached hydrogen (secondary N) is 2. The van der Waals surface area contributed by atoms with Crippen LogP contribution in [-0.4, -0.2) is 12.5 Å². The second-order valence-corrected chi connectivity index (χ2v) is 6.24. The molecule has 3 rings (SSSR count). The van der Waals surface area contributed by atoms with Crippen LogP contribution in [0, 0.1) is 5.82 Å². The highest BCUT2D eigenvalue weighted by molar-refractivity contribution is 6.30. The van der Waals surface area contributed by atoms with E-state index in [1.54, 1.807) is 0 Å². The van der Waals surface area contributed by atoms with Crippen LogP contribution in [0.15, 0.2) is 78.9 Å². The third kappa shape index (κ3) is 4.69. The summed E-state index contributed by atoms with van der Waals surface area (Å²) in [5, 5.41) is 6.09. The van der Waals surface area contributed by atoms with Crippen molar-refractivity contribution in [2.75, 3.05) is 11.9 Å². The van der Waals surface area contributed by atoms with Crippen molar-refractivity contribution in [3.8, 4) is 0 Å². The molecule has 0 aliphatic heterocycles. The molecule has 0 atom stereocenters. The molecule has 0 aliphatic rings. The van der Waals surface area contributed by atoms with E-state index in [4.69, 9.17) is 11.6 Å². The minimum Gasteiger partial charge on any atom is -0.322 e. The Kier molecular flexibility index (Phi) is 6.00. The Morgan fingerprint density at radius 2 is 1.50 bits per heavy atom. The number of hydrogen-bond acceptors (Lipinski definition) is 2. The van der Waals surface area contributed by atoms with Crippen LogP contribution < -0.4 is 10.6 Å². The Morgan fingerprint density at radius 3 is 2.04 bits per heavy atom. The number of halogens is 2. The SMILES string of the molecule is O=C(CNC(c1ccccc1)c1ccccc1)Nc1ccc(Cl)cc1F. The molecule has 0 heterocycles. The summed E-state index contributed by atoms with van der Waals surface area (Å²) in [7, 11) is 0. The highest BCUT2D eigenvalue weighted by Crippen LogP contribution is 2.22. The first-order valence-corrected chi connectivity index (χ1v) is 8.59. The van der Waals surface area contributed by atoms with Gasteiger partial charge in [-0.25, -0.2) is 4.39 Å². The maximum atomic E-state index is 13.8. The second-order valence-electron chi connectivity index (χ2n) is 5.81.